The van der Waals surface area contributed by atoms with Crippen LogP contribution in [0.25, 0.3) is 10.9 Å². The number of para-hydroxylation sites is 1. The summed E-state index contributed by atoms with van der Waals surface area (Å²) in [5, 5.41) is 5.20. The quantitative estimate of drug-likeness (QED) is 0.763. The lowest BCUT2D eigenvalue weighted by Gasteiger charge is -2.07. The number of nitrogens with zero attached hydrogens (tertiary/aromatic N) is 3. The summed E-state index contributed by atoms with van der Waals surface area (Å²) in [5.41, 5.74) is 8.10. The first-order valence-corrected chi connectivity index (χ1v) is 5.97. The van der Waals surface area contributed by atoms with Gasteiger partial charge in [-0.05, 0) is 19.1 Å². The van der Waals surface area contributed by atoms with Gasteiger partial charge in [0.05, 0.1) is 6.20 Å². The Morgan fingerprint density at radius 2 is 2.05 bits per heavy atom. The van der Waals surface area contributed by atoms with Gasteiger partial charge in [-0.2, -0.15) is 0 Å². The predicted octanol–water partition coefficient (Wildman–Crippen LogP) is 2.65. The van der Waals surface area contributed by atoms with Crippen molar-refractivity contribution in [2.24, 2.45) is 7.05 Å². The van der Waals surface area contributed by atoms with Crippen LogP contribution in [-0.4, -0.2) is 14.8 Å². The van der Waals surface area contributed by atoms with Crippen LogP contribution in [0.15, 0.2) is 36.5 Å². The topological polar surface area (TPSA) is 66.0 Å². The molecule has 0 radical (unpaired) electrons. The van der Waals surface area contributed by atoms with E-state index in [-0.39, 0.29) is 0 Å². The highest BCUT2D eigenvalue weighted by atomic mass is 16.5. The Bertz CT molecular complexity index is 748. The molecule has 0 aliphatic rings. The molecule has 0 spiro atoms. The molecule has 0 unspecified atom stereocenters. The molecule has 0 bridgehead atoms. The molecule has 0 saturated heterocycles. The second-order valence-electron chi connectivity index (χ2n) is 4.45. The molecule has 5 nitrogen and oxygen atoms in total. The van der Waals surface area contributed by atoms with Crippen molar-refractivity contribution in [2.45, 2.75) is 6.92 Å². The Hall–Kier alpha value is -2.56. The van der Waals surface area contributed by atoms with Crippen LogP contribution in [-0.2, 0) is 7.05 Å². The van der Waals surface area contributed by atoms with Crippen LogP contribution in [0, 0.1) is 6.92 Å². The predicted molar refractivity (Wildman–Crippen MR) is 74.2 cm³/mol. The Morgan fingerprint density at radius 1 is 1.21 bits per heavy atom. The number of aromatic nitrogens is 3. The van der Waals surface area contributed by atoms with Crippen LogP contribution in [0.1, 0.15) is 5.69 Å². The number of benzene rings is 1. The van der Waals surface area contributed by atoms with E-state index in [1.807, 2.05) is 37.3 Å². The van der Waals surface area contributed by atoms with E-state index in [2.05, 4.69) is 10.1 Å². The maximum Gasteiger partial charge on any atom is 0.261 e. The fourth-order valence-electron chi connectivity index (χ4n) is 1.97. The number of nitrogens with two attached hydrogens (primary N) is 1. The maximum atomic E-state index is 5.83. The van der Waals surface area contributed by atoms with Gasteiger partial charge >= 0.3 is 0 Å². The summed E-state index contributed by atoms with van der Waals surface area (Å²) >= 11 is 0. The normalized spacial score (nSPS) is 10.8. The Morgan fingerprint density at radius 3 is 2.79 bits per heavy atom. The van der Waals surface area contributed by atoms with E-state index in [0.29, 0.717) is 17.3 Å². The van der Waals surface area contributed by atoms with Gasteiger partial charge in [-0.3, -0.25) is 4.68 Å². The van der Waals surface area contributed by atoms with Crippen molar-refractivity contribution in [2.75, 3.05) is 5.73 Å². The Kier molecular flexibility index (Phi) is 2.59. The smallest absolute Gasteiger partial charge is 0.261 e. The molecule has 0 amide bonds. The number of rotatable bonds is 2. The summed E-state index contributed by atoms with van der Waals surface area (Å²) in [6, 6.07) is 9.78. The summed E-state index contributed by atoms with van der Waals surface area (Å²) in [4.78, 5) is 4.51. The van der Waals surface area contributed by atoms with E-state index in [1.165, 1.54) is 0 Å². The number of hydrogen-bond acceptors (Lipinski definition) is 4. The van der Waals surface area contributed by atoms with E-state index in [9.17, 15) is 0 Å². The molecule has 19 heavy (non-hydrogen) atoms. The van der Waals surface area contributed by atoms with E-state index in [0.717, 1.165) is 16.6 Å². The molecule has 0 aliphatic heterocycles. The highest BCUT2D eigenvalue weighted by Gasteiger charge is 2.10. The third kappa shape index (κ3) is 2.10. The summed E-state index contributed by atoms with van der Waals surface area (Å²) < 4.78 is 7.40. The minimum Gasteiger partial charge on any atom is -0.434 e. The SMILES string of the molecule is Cc1ccc2cccc(Oc3nn(C)cc3N)c2n1. The molecule has 0 fully saturated rings. The fraction of sp³-hybridized carbons (Fsp3) is 0.143. The van der Waals surface area contributed by atoms with Gasteiger partial charge < -0.3 is 10.5 Å². The number of anilines is 1. The van der Waals surface area contributed by atoms with Crippen LogP contribution >= 0.6 is 0 Å². The van der Waals surface area contributed by atoms with Crippen molar-refractivity contribution in [1.29, 1.82) is 0 Å². The lowest BCUT2D eigenvalue weighted by atomic mass is 10.2. The van der Waals surface area contributed by atoms with E-state index < -0.39 is 0 Å². The molecule has 96 valence electrons. The van der Waals surface area contributed by atoms with Crippen molar-refractivity contribution in [1.82, 2.24) is 14.8 Å². The largest absolute Gasteiger partial charge is 0.434 e. The molecule has 2 heterocycles. The van der Waals surface area contributed by atoms with Crippen molar-refractivity contribution in [3.05, 3.63) is 42.2 Å². The number of ether oxygens (including phenoxy) is 1. The van der Waals surface area contributed by atoms with Crippen molar-refractivity contribution >= 4 is 16.6 Å². The van der Waals surface area contributed by atoms with E-state index in [1.54, 1.807) is 17.9 Å². The molecule has 0 aliphatic carbocycles. The van der Waals surface area contributed by atoms with Crippen molar-refractivity contribution in [3.8, 4) is 11.6 Å². The van der Waals surface area contributed by atoms with Gasteiger partial charge in [-0.15, -0.1) is 5.10 Å². The van der Waals surface area contributed by atoms with Crippen LogP contribution < -0.4 is 10.5 Å². The lowest BCUT2D eigenvalue weighted by molar-refractivity contribution is 0.460. The molecule has 5 heteroatoms. The van der Waals surface area contributed by atoms with Crippen molar-refractivity contribution in [3.63, 3.8) is 0 Å². The van der Waals surface area contributed by atoms with Crippen LogP contribution in [0.3, 0.4) is 0 Å². The second-order valence-corrected chi connectivity index (χ2v) is 4.45. The van der Waals surface area contributed by atoms with Gasteiger partial charge in [0.25, 0.3) is 5.88 Å². The Balaban J connectivity index is 2.10. The highest BCUT2D eigenvalue weighted by Crippen LogP contribution is 2.30. The minimum atomic E-state index is 0.401. The summed E-state index contributed by atoms with van der Waals surface area (Å²) in [5.74, 6) is 1.06. The zero-order valence-corrected chi connectivity index (χ0v) is 10.8. The number of pyridine rings is 1. The first-order valence-electron chi connectivity index (χ1n) is 5.97. The number of nitrogen functional groups attached to an aromatic ring is 1. The Labute approximate surface area is 110 Å². The van der Waals surface area contributed by atoms with Gasteiger partial charge in [-0.1, -0.05) is 18.2 Å². The number of hydrogen-bond donors (Lipinski definition) is 1. The van der Waals surface area contributed by atoms with Crippen LogP contribution in [0.2, 0.25) is 0 Å². The molecule has 0 saturated carbocycles. The lowest BCUT2D eigenvalue weighted by Crippen LogP contribution is -1.93. The molecule has 2 aromatic heterocycles. The summed E-state index contributed by atoms with van der Waals surface area (Å²) in [7, 11) is 1.80. The molecule has 3 rings (SSSR count). The van der Waals surface area contributed by atoms with Crippen molar-refractivity contribution < 1.29 is 4.74 Å². The first-order chi connectivity index (χ1) is 9.13. The zero-order valence-electron chi connectivity index (χ0n) is 10.8. The highest BCUT2D eigenvalue weighted by molar-refractivity contribution is 5.84. The molecule has 3 aromatic rings. The summed E-state index contributed by atoms with van der Waals surface area (Å²) in [6.45, 7) is 1.95. The van der Waals surface area contributed by atoms with Gasteiger partial charge in [0.1, 0.15) is 11.2 Å². The minimum absolute atomic E-state index is 0.401. The second kappa shape index (κ2) is 4.28. The third-order valence-corrected chi connectivity index (χ3v) is 2.85. The molecule has 2 N–H and O–H groups in total. The fourth-order valence-corrected chi connectivity index (χ4v) is 1.97. The first kappa shape index (κ1) is 11.5. The average molecular weight is 254 g/mol. The third-order valence-electron chi connectivity index (χ3n) is 2.85. The zero-order chi connectivity index (χ0) is 13.4. The van der Waals surface area contributed by atoms with Crippen LogP contribution in [0.5, 0.6) is 11.6 Å². The maximum absolute atomic E-state index is 5.83. The number of fused-ring (bicyclic) bond motifs is 1. The average Bonchev–Trinajstić information content (AvgIpc) is 2.69. The molecule has 1 aromatic carbocycles. The molecular formula is C14H14N4O. The van der Waals surface area contributed by atoms with E-state index >= 15 is 0 Å². The van der Waals surface area contributed by atoms with Gasteiger partial charge in [-0.25, -0.2) is 4.98 Å². The van der Waals surface area contributed by atoms with Gasteiger partial charge in [0.15, 0.2) is 5.75 Å². The molecular weight excluding hydrogens is 240 g/mol. The standard InChI is InChI=1S/C14H14N4O/c1-9-6-7-10-4-3-5-12(13(10)16-9)19-14-11(15)8-18(2)17-14/h3-8H,15H2,1-2H3. The summed E-state index contributed by atoms with van der Waals surface area (Å²) in [6.07, 6.45) is 1.71. The number of aryl methyl sites for hydroxylation is 2. The van der Waals surface area contributed by atoms with Gasteiger partial charge in [0.2, 0.25) is 0 Å². The van der Waals surface area contributed by atoms with Gasteiger partial charge in [0, 0.05) is 18.1 Å². The monoisotopic (exact) mass is 254 g/mol. The van der Waals surface area contributed by atoms with Crippen LogP contribution in [0.4, 0.5) is 5.69 Å². The molecule has 0 atom stereocenters. The van der Waals surface area contributed by atoms with E-state index in [4.69, 9.17) is 10.5 Å².